The lowest BCUT2D eigenvalue weighted by Crippen LogP contribution is -2.11. The van der Waals surface area contributed by atoms with Gasteiger partial charge in [0.05, 0.1) is 17.3 Å². The molecule has 1 aromatic heterocycles. The van der Waals surface area contributed by atoms with Crippen molar-refractivity contribution >= 4 is 22.9 Å². The largest absolute Gasteiger partial charge is 0.376 e. The van der Waals surface area contributed by atoms with E-state index >= 15 is 0 Å². The van der Waals surface area contributed by atoms with Crippen LogP contribution in [0.1, 0.15) is 44.3 Å². The first kappa shape index (κ1) is 18.8. The number of hydrogen-bond donors (Lipinski definition) is 1. The molecule has 1 amide bonds. The SMILES string of the molecule is Cc1nc(Cc2ccccc2)sc1C(=O)Nc1cccc(COCC2CC2)c1. The normalized spacial score (nSPS) is 13.5. The lowest BCUT2D eigenvalue weighted by Gasteiger charge is -2.07. The van der Waals surface area contributed by atoms with E-state index in [-0.39, 0.29) is 5.91 Å². The van der Waals surface area contributed by atoms with E-state index in [9.17, 15) is 4.79 Å². The summed E-state index contributed by atoms with van der Waals surface area (Å²) in [4.78, 5) is 18.0. The molecule has 4 rings (SSSR count). The minimum atomic E-state index is -0.106. The van der Waals surface area contributed by atoms with Crippen molar-refractivity contribution in [2.24, 2.45) is 5.92 Å². The van der Waals surface area contributed by atoms with E-state index in [1.165, 1.54) is 29.7 Å². The first-order chi connectivity index (χ1) is 13.7. The molecule has 2 aromatic carbocycles. The summed E-state index contributed by atoms with van der Waals surface area (Å²) in [5, 5.41) is 3.96. The van der Waals surface area contributed by atoms with Crippen LogP contribution in [0.2, 0.25) is 0 Å². The maximum absolute atomic E-state index is 12.8. The summed E-state index contributed by atoms with van der Waals surface area (Å²) in [6.07, 6.45) is 3.32. The Morgan fingerprint density at radius 2 is 1.93 bits per heavy atom. The van der Waals surface area contributed by atoms with Crippen molar-refractivity contribution in [2.45, 2.75) is 32.8 Å². The highest BCUT2D eigenvalue weighted by Crippen LogP contribution is 2.29. The van der Waals surface area contributed by atoms with Crippen LogP contribution in [-0.4, -0.2) is 17.5 Å². The number of amides is 1. The van der Waals surface area contributed by atoms with Gasteiger partial charge in [-0.1, -0.05) is 42.5 Å². The monoisotopic (exact) mass is 392 g/mol. The Labute approximate surface area is 169 Å². The predicted octanol–water partition coefficient (Wildman–Crippen LogP) is 5.22. The maximum atomic E-state index is 12.8. The molecule has 0 atom stereocenters. The smallest absolute Gasteiger partial charge is 0.267 e. The van der Waals surface area contributed by atoms with Crippen molar-refractivity contribution in [3.05, 3.63) is 81.3 Å². The van der Waals surface area contributed by atoms with Crippen molar-refractivity contribution in [1.82, 2.24) is 4.98 Å². The van der Waals surface area contributed by atoms with E-state index in [4.69, 9.17) is 4.74 Å². The number of aryl methyl sites for hydroxylation is 1. The minimum Gasteiger partial charge on any atom is -0.376 e. The van der Waals surface area contributed by atoms with Crippen LogP contribution < -0.4 is 5.32 Å². The quantitative estimate of drug-likeness (QED) is 0.572. The molecule has 3 aromatic rings. The van der Waals surface area contributed by atoms with Crippen LogP contribution in [0.4, 0.5) is 5.69 Å². The van der Waals surface area contributed by atoms with Gasteiger partial charge in [0.25, 0.3) is 5.91 Å². The number of hydrogen-bond acceptors (Lipinski definition) is 4. The van der Waals surface area contributed by atoms with Crippen LogP contribution in [0.25, 0.3) is 0 Å². The molecule has 1 saturated carbocycles. The van der Waals surface area contributed by atoms with Gasteiger partial charge < -0.3 is 10.1 Å². The maximum Gasteiger partial charge on any atom is 0.267 e. The van der Waals surface area contributed by atoms with Crippen molar-refractivity contribution in [3.8, 4) is 0 Å². The second-order valence-electron chi connectivity index (χ2n) is 7.30. The Hall–Kier alpha value is -2.50. The van der Waals surface area contributed by atoms with Crippen molar-refractivity contribution in [1.29, 1.82) is 0 Å². The summed E-state index contributed by atoms with van der Waals surface area (Å²) in [6.45, 7) is 3.31. The lowest BCUT2D eigenvalue weighted by molar-refractivity contribution is 0.102. The third kappa shape index (κ3) is 5.06. The summed E-state index contributed by atoms with van der Waals surface area (Å²) in [7, 11) is 0. The fourth-order valence-corrected chi connectivity index (χ4v) is 4.06. The van der Waals surface area contributed by atoms with E-state index in [1.54, 1.807) is 0 Å². The Morgan fingerprint density at radius 1 is 1.14 bits per heavy atom. The average molecular weight is 393 g/mol. The highest BCUT2D eigenvalue weighted by Gasteiger charge is 2.21. The number of ether oxygens (including phenoxy) is 1. The summed E-state index contributed by atoms with van der Waals surface area (Å²) in [5.74, 6) is 0.646. The molecule has 1 aliphatic rings. The Balaban J connectivity index is 1.39. The highest BCUT2D eigenvalue weighted by atomic mass is 32.1. The molecule has 0 spiro atoms. The van der Waals surface area contributed by atoms with E-state index in [2.05, 4.69) is 22.4 Å². The zero-order valence-electron chi connectivity index (χ0n) is 16.0. The summed E-state index contributed by atoms with van der Waals surface area (Å²) < 4.78 is 5.75. The fourth-order valence-electron chi connectivity index (χ4n) is 3.06. The van der Waals surface area contributed by atoms with Crippen molar-refractivity contribution in [2.75, 3.05) is 11.9 Å². The summed E-state index contributed by atoms with van der Waals surface area (Å²) >= 11 is 1.46. The van der Waals surface area contributed by atoms with Crippen LogP contribution in [0.3, 0.4) is 0 Å². The zero-order valence-corrected chi connectivity index (χ0v) is 16.8. The number of thiazole rings is 1. The fraction of sp³-hybridized carbons (Fsp3) is 0.304. The predicted molar refractivity (Wildman–Crippen MR) is 113 cm³/mol. The average Bonchev–Trinajstić information content (AvgIpc) is 3.44. The third-order valence-electron chi connectivity index (χ3n) is 4.75. The molecule has 0 bridgehead atoms. The molecule has 1 N–H and O–H groups in total. The van der Waals surface area contributed by atoms with Gasteiger partial charge >= 0.3 is 0 Å². The number of nitrogens with one attached hydrogen (secondary N) is 1. The van der Waals surface area contributed by atoms with Crippen molar-refractivity contribution < 1.29 is 9.53 Å². The number of benzene rings is 2. The van der Waals surface area contributed by atoms with E-state index in [0.717, 1.165) is 40.9 Å². The molecule has 0 unspecified atom stereocenters. The van der Waals surface area contributed by atoms with E-state index in [1.807, 2.05) is 49.4 Å². The van der Waals surface area contributed by atoms with Crippen LogP contribution >= 0.6 is 11.3 Å². The van der Waals surface area contributed by atoms with Gasteiger partial charge in [0.1, 0.15) is 4.88 Å². The number of carbonyl (C=O) groups is 1. The van der Waals surface area contributed by atoms with Gasteiger partial charge in [-0.05, 0) is 48.9 Å². The molecular formula is C23H24N2O2S. The molecule has 28 heavy (non-hydrogen) atoms. The number of anilines is 1. The standard InChI is InChI=1S/C23H24N2O2S/c1-16-22(28-21(24-16)13-17-6-3-2-4-7-17)23(26)25-20-9-5-8-19(12-20)15-27-14-18-10-11-18/h2-9,12,18H,10-11,13-15H2,1H3,(H,25,26). The third-order valence-corrected chi connectivity index (χ3v) is 5.91. The van der Waals surface area contributed by atoms with Crippen molar-refractivity contribution in [3.63, 3.8) is 0 Å². The molecule has 1 aliphatic carbocycles. The van der Waals surface area contributed by atoms with Gasteiger partial charge in [-0.3, -0.25) is 4.79 Å². The molecular weight excluding hydrogens is 368 g/mol. The topological polar surface area (TPSA) is 51.2 Å². The van der Waals surface area contributed by atoms with E-state index in [0.29, 0.717) is 11.5 Å². The molecule has 0 saturated heterocycles. The highest BCUT2D eigenvalue weighted by molar-refractivity contribution is 7.14. The van der Waals surface area contributed by atoms with E-state index < -0.39 is 0 Å². The van der Waals surface area contributed by atoms with Crippen LogP contribution in [-0.2, 0) is 17.8 Å². The molecule has 0 radical (unpaired) electrons. The van der Waals surface area contributed by atoms with Crippen LogP contribution in [0, 0.1) is 12.8 Å². The molecule has 144 valence electrons. The molecule has 4 nitrogen and oxygen atoms in total. The Morgan fingerprint density at radius 3 is 2.71 bits per heavy atom. The Kier molecular flexibility index (Phi) is 5.84. The van der Waals surface area contributed by atoms with Gasteiger partial charge in [-0.15, -0.1) is 11.3 Å². The molecule has 1 fully saturated rings. The number of rotatable bonds is 8. The Bertz CT molecular complexity index is 948. The molecule has 1 heterocycles. The minimum absolute atomic E-state index is 0.106. The van der Waals surface area contributed by atoms with Crippen LogP contribution in [0.15, 0.2) is 54.6 Å². The van der Waals surface area contributed by atoms with Gasteiger partial charge in [0.15, 0.2) is 0 Å². The summed E-state index contributed by atoms with van der Waals surface area (Å²) in [6, 6.07) is 18.1. The zero-order chi connectivity index (χ0) is 19.3. The second-order valence-corrected chi connectivity index (χ2v) is 8.38. The van der Waals surface area contributed by atoms with Gasteiger partial charge in [0.2, 0.25) is 0 Å². The lowest BCUT2D eigenvalue weighted by atomic mass is 10.2. The first-order valence-electron chi connectivity index (χ1n) is 9.65. The molecule has 0 aliphatic heterocycles. The second kappa shape index (κ2) is 8.67. The number of carbonyl (C=O) groups excluding carboxylic acids is 1. The number of nitrogens with zero attached hydrogens (tertiary/aromatic N) is 1. The summed E-state index contributed by atoms with van der Waals surface area (Å²) in [5.41, 5.74) is 3.83. The molecule has 5 heteroatoms. The van der Waals surface area contributed by atoms with Gasteiger partial charge in [0, 0.05) is 18.7 Å². The van der Waals surface area contributed by atoms with Gasteiger partial charge in [-0.25, -0.2) is 4.98 Å². The van der Waals surface area contributed by atoms with Gasteiger partial charge in [-0.2, -0.15) is 0 Å². The number of aromatic nitrogens is 1. The van der Waals surface area contributed by atoms with Crippen LogP contribution in [0.5, 0.6) is 0 Å². The first-order valence-corrected chi connectivity index (χ1v) is 10.5.